The Kier molecular flexibility index (Phi) is 62.8. The summed E-state index contributed by atoms with van der Waals surface area (Å²) in [6.45, 7) is 9.48. The lowest BCUT2D eigenvalue weighted by Gasteiger charge is -2.21. The van der Waals surface area contributed by atoms with E-state index in [9.17, 15) is 43.2 Å². The maximum atomic E-state index is 13.0. The predicted molar refractivity (Wildman–Crippen MR) is 372 cm³/mol. The van der Waals surface area contributed by atoms with Crippen LogP contribution in [-0.2, 0) is 65.4 Å². The monoisotopic (exact) mass is 1350 g/mol. The van der Waals surface area contributed by atoms with Crippen molar-refractivity contribution in [3.63, 3.8) is 0 Å². The molecule has 0 aromatic carbocycles. The molecule has 0 spiro atoms. The van der Waals surface area contributed by atoms with E-state index in [0.717, 1.165) is 115 Å². The van der Waals surface area contributed by atoms with Crippen LogP contribution in [0.4, 0.5) is 0 Å². The number of phosphoric acid groups is 2. The highest BCUT2D eigenvalue weighted by Gasteiger charge is 2.30. The van der Waals surface area contributed by atoms with Gasteiger partial charge in [0.25, 0.3) is 0 Å². The lowest BCUT2D eigenvalue weighted by Crippen LogP contribution is -2.30. The first-order valence-corrected chi connectivity index (χ1v) is 40.3. The molecule has 542 valence electrons. The molecule has 2 unspecified atom stereocenters. The molecule has 0 rings (SSSR count). The van der Waals surface area contributed by atoms with Crippen molar-refractivity contribution in [3.05, 3.63) is 24.3 Å². The topological polar surface area (TPSA) is 237 Å². The van der Waals surface area contributed by atoms with Crippen LogP contribution < -0.4 is 0 Å². The molecule has 0 saturated heterocycles. The average molecular weight is 1350 g/mol. The first-order chi connectivity index (χ1) is 44.4. The van der Waals surface area contributed by atoms with E-state index in [0.29, 0.717) is 25.7 Å². The van der Waals surface area contributed by atoms with Gasteiger partial charge in [0.05, 0.1) is 26.4 Å². The Morgan fingerprint density at radius 3 is 0.891 bits per heavy atom. The summed E-state index contributed by atoms with van der Waals surface area (Å²) in [6.07, 6.45) is 53.4. The number of aliphatic hydroxyl groups is 1. The smallest absolute Gasteiger partial charge is 0.462 e. The Hall–Kier alpha value is -2.46. The molecule has 17 nitrogen and oxygen atoms in total. The summed E-state index contributed by atoms with van der Waals surface area (Å²) in [5.41, 5.74) is 0. The van der Waals surface area contributed by atoms with Crippen molar-refractivity contribution in [2.24, 2.45) is 11.8 Å². The summed E-state index contributed by atoms with van der Waals surface area (Å²) < 4.78 is 68.4. The third-order valence-corrected chi connectivity index (χ3v) is 18.2. The van der Waals surface area contributed by atoms with Gasteiger partial charge in [-0.15, -0.1) is 0 Å². The maximum Gasteiger partial charge on any atom is 0.472 e. The normalized spacial score (nSPS) is 14.2. The highest BCUT2D eigenvalue weighted by Crippen LogP contribution is 2.45. The van der Waals surface area contributed by atoms with E-state index < -0.39 is 97.5 Å². The Morgan fingerprint density at radius 1 is 0.337 bits per heavy atom. The summed E-state index contributed by atoms with van der Waals surface area (Å²) >= 11 is 0. The van der Waals surface area contributed by atoms with Crippen molar-refractivity contribution in [1.29, 1.82) is 0 Å². The molecule has 0 aromatic rings. The van der Waals surface area contributed by atoms with Crippen molar-refractivity contribution in [3.8, 4) is 0 Å². The zero-order valence-electron chi connectivity index (χ0n) is 59.3. The fourth-order valence-electron chi connectivity index (χ4n) is 10.6. The van der Waals surface area contributed by atoms with Gasteiger partial charge in [-0.2, -0.15) is 0 Å². The predicted octanol–water partition coefficient (Wildman–Crippen LogP) is 20.7. The highest BCUT2D eigenvalue weighted by atomic mass is 31.2. The van der Waals surface area contributed by atoms with Gasteiger partial charge in [-0.3, -0.25) is 37.3 Å². The summed E-state index contributed by atoms with van der Waals surface area (Å²) in [7, 11) is -9.92. The van der Waals surface area contributed by atoms with Crippen LogP contribution in [0.1, 0.15) is 350 Å². The Morgan fingerprint density at radius 2 is 0.587 bits per heavy atom. The van der Waals surface area contributed by atoms with Gasteiger partial charge in [-0.25, -0.2) is 9.13 Å². The molecule has 0 aliphatic rings. The zero-order chi connectivity index (χ0) is 67.9. The Labute approximate surface area is 561 Å². The van der Waals surface area contributed by atoms with Gasteiger partial charge in [-0.05, 0) is 63.2 Å². The molecule has 0 aliphatic carbocycles. The molecule has 0 fully saturated rings. The number of allylic oxidation sites excluding steroid dienone is 4. The first kappa shape index (κ1) is 89.5. The number of phosphoric ester groups is 2. The third-order valence-electron chi connectivity index (χ3n) is 16.3. The second kappa shape index (κ2) is 64.5. The van der Waals surface area contributed by atoms with Crippen LogP contribution in [0.3, 0.4) is 0 Å². The van der Waals surface area contributed by atoms with Gasteiger partial charge in [0.15, 0.2) is 12.2 Å². The molecule has 0 saturated carbocycles. The van der Waals surface area contributed by atoms with E-state index in [-0.39, 0.29) is 25.7 Å². The van der Waals surface area contributed by atoms with E-state index in [4.69, 9.17) is 37.0 Å². The lowest BCUT2D eigenvalue weighted by molar-refractivity contribution is -0.161. The van der Waals surface area contributed by atoms with Crippen molar-refractivity contribution >= 4 is 39.5 Å². The second-order valence-corrected chi connectivity index (χ2v) is 29.5. The van der Waals surface area contributed by atoms with Gasteiger partial charge in [-0.1, -0.05) is 297 Å². The van der Waals surface area contributed by atoms with Crippen molar-refractivity contribution in [1.82, 2.24) is 0 Å². The third kappa shape index (κ3) is 66.2. The maximum absolute atomic E-state index is 13.0. The van der Waals surface area contributed by atoms with E-state index in [1.165, 1.54) is 154 Å². The van der Waals surface area contributed by atoms with Crippen molar-refractivity contribution in [2.75, 3.05) is 39.6 Å². The van der Waals surface area contributed by atoms with Gasteiger partial charge in [0.2, 0.25) is 0 Å². The quantitative estimate of drug-likeness (QED) is 0.0169. The van der Waals surface area contributed by atoms with Crippen LogP contribution in [0.5, 0.6) is 0 Å². The van der Waals surface area contributed by atoms with E-state index in [2.05, 4.69) is 65.8 Å². The molecule has 5 atom stereocenters. The number of carbonyl (C=O) groups excluding carboxylic acids is 4. The number of ether oxygens (including phenoxy) is 4. The van der Waals surface area contributed by atoms with Crippen molar-refractivity contribution < 1.29 is 80.2 Å². The second-order valence-electron chi connectivity index (χ2n) is 26.6. The van der Waals surface area contributed by atoms with Gasteiger partial charge in [0.1, 0.15) is 19.3 Å². The average Bonchev–Trinajstić information content (AvgIpc) is 1.53. The first-order valence-electron chi connectivity index (χ1n) is 37.3. The minimum atomic E-state index is -4.96. The molecule has 0 bridgehead atoms. The summed E-state index contributed by atoms with van der Waals surface area (Å²) in [6, 6.07) is 0. The molecule has 19 heteroatoms. The number of carbonyl (C=O) groups is 4. The Bertz CT molecular complexity index is 1880. The van der Waals surface area contributed by atoms with Crippen LogP contribution in [0.15, 0.2) is 24.3 Å². The molecular weight excluding hydrogens is 1210 g/mol. The van der Waals surface area contributed by atoms with Crippen LogP contribution in [-0.4, -0.2) is 96.7 Å². The largest absolute Gasteiger partial charge is 0.472 e. The molecule has 0 heterocycles. The lowest BCUT2D eigenvalue weighted by atomic mass is 10.0. The fraction of sp³-hybridized carbons (Fsp3) is 0.890. The molecule has 0 aliphatic heterocycles. The van der Waals surface area contributed by atoms with E-state index in [1.807, 2.05) is 0 Å². The zero-order valence-corrected chi connectivity index (χ0v) is 61.1. The van der Waals surface area contributed by atoms with E-state index >= 15 is 0 Å². The van der Waals surface area contributed by atoms with Crippen LogP contribution in [0, 0.1) is 11.8 Å². The number of rotatable bonds is 70. The number of esters is 4. The molecule has 0 radical (unpaired) electrons. The molecule has 0 aromatic heterocycles. The van der Waals surface area contributed by atoms with Crippen LogP contribution >= 0.6 is 15.6 Å². The summed E-state index contributed by atoms with van der Waals surface area (Å²) in [4.78, 5) is 72.7. The number of aliphatic hydroxyl groups excluding tert-OH is 1. The fourth-order valence-corrected chi connectivity index (χ4v) is 12.2. The summed E-state index contributed by atoms with van der Waals surface area (Å²) in [5, 5.41) is 10.6. The molecule has 0 amide bonds. The van der Waals surface area contributed by atoms with Gasteiger partial charge in [0, 0.05) is 25.7 Å². The SMILES string of the molecule is CCCCCC/C=C\C=C/CCCCCCCC(=O)O[C@H](COC(=O)CCCCCCCCCCCCC(C)C)COP(=O)(O)OC[C@@H](O)COP(=O)(O)OC[C@@H](COC(=O)CCCCCCCCCCCCC)OC(=O)CCCCCCCCCCCCC(C)C. The number of hydrogen-bond acceptors (Lipinski definition) is 15. The molecule has 92 heavy (non-hydrogen) atoms. The van der Waals surface area contributed by atoms with E-state index in [1.54, 1.807) is 0 Å². The number of hydrogen-bond donors (Lipinski definition) is 3. The molecular formula is C73H138O17P2. The molecule has 3 N–H and O–H groups in total. The minimum Gasteiger partial charge on any atom is -0.462 e. The number of unbranched alkanes of at least 4 members (excludes halogenated alkanes) is 37. The summed E-state index contributed by atoms with van der Waals surface area (Å²) in [5.74, 6) is -0.644. The van der Waals surface area contributed by atoms with Gasteiger partial charge >= 0.3 is 39.5 Å². The highest BCUT2D eigenvalue weighted by molar-refractivity contribution is 7.47. The van der Waals surface area contributed by atoms with Crippen LogP contribution in [0.25, 0.3) is 0 Å². The standard InChI is InChI=1S/C73H138O17P2/c1-7-9-11-13-15-17-19-20-21-22-24-33-39-45-51-57-72(77)89-68(62-84-71(76)56-50-44-38-32-27-25-29-35-41-47-53-65(3)4)63-87-91(79,80)85-59-67(74)60-86-92(81,82)88-64-69(61-83-70(75)55-49-43-37-31-23-18-16-14-12-10-8-2)90-73(78)58-52-46-40-34-28-26-30-36-42-48-54-66(5)6/h17,19-21,65-69,74H,7-16,18,22-64H2,1-6H3,(H,79,80)(H,81,82)/b19-17-,21-20-/t67-,68-,69-/m1/s1. The van der Waals surface area contributed by atoms with Crippen molar-refractivity contribution in [2.45, 2.75) is 368 Å². The van der Waals surface area contributed by atoms with Gasteiger partial charge < -0.3 is 33.8 Å². The van der Waals surface area contributed by atoms with Crippen LogP contribution in [0.2, 0.25) is 0 Å². The Balaban J connectivity index is 5.30. The minimum absolute atomic E-state index is 0.0847.